The number of nitrogens with zero attached hydrogens (tertiary/aromatic N) is 4. The molecule has 30 heavy (non-hydrogen) atoms. The molecule has 0 saturated heterocycles. The van der Waals surface area contributed by atoms with E-state index in [4.69, 9.17) is 9.47 Å². The third-order valence-electron chi connectivity index (χ3n) is 4.69. The second-order valence-electron chi connectivity index (χ2n) is 7.28. The zero-order chi connectivity index (χ0) is 22.4. The van der Waals surface area contributed by atoms with Crippen molar-refractivity contribution in [1.29, 1.82) is 0 Å². The van der Waals surface area contributed by atoms with Crippen LogP contribution in [0.3, 0.4) is 0 Å². The Morgan fingerprint density at radius 1 is 0.967 bits per heavy atom. The van der Waals surface area contributed by atoms with Gasteiger partial charge < -0.3 is 9.47 Å². The van der Waals surface area contributed by atoms with Crippen molar-refractivity contribution in [3.8, 4) is 11.5 Å². The third-order valence-corrected chi connectivity index (χ3v) is 6.25. The fraction of sp³-hybridized carbons (Fsp3) is 0.421. The van der Waals surface area contributed by atoms with E-state index in [0.717, 1.165) is 10.8 Å². The second kappa shape index (κ2) is 7.63. The first-order valence-electron chi connectivity index (χ1n) is 9.28. The van der Waals surface area contributed by atoms with Crippen molar-refractivity contribution in [1.82, 2.24) is 18.3 Å². The van der Waals surface area contributed by atoms with Crippen molar-refractivity contribution in [2.75, 3.05) is 14.2 Å². The molecule has 0 aliphatic carbocycles. The number of aromatic nitrogens is 4. The molecule has 0 amide bonds. The third kappa shape index (κ3) is 3.28. The van der Waals surface area contributed by atoms with Gasteiger partial charge in [0.05, 0.1) is 20.4 Å². The van der Waals surface area contributed by atoms with Gasteiger partial charge in [-0.1, -0.05) is 0 Å². The Balaban J connectivity index is 2.39. The molecule has 0 bridgehead atoms. The van der Waals surface area contributed by atoms with Crippen LogP contribution in [0.4, 0.5) is 0 Å². The number of hydrogen-bond donors (Lipinski definition) is 0. The van der Waals surface area contributed by atoms with Gasteiger partial charge in [-0.15, -0.1) is 5.10 Å². The van der Waals surface area contributed by atoms with Gasteiger partial charge >= 0.3 is 5.69 Å². The van der Waals surface area contributed by atoms with Crippen molar-refractivity contribution in [3.63, 3.8) is 0 Å². The van der Waals surface area contributed by atoms with Gasteiger partial charge in [0.1, 0.15) is 21.8 Å². The Hall–Kier alpha value is -3.08. The summed E-state index contributed by atoms with van der Waals surface area (Å²) >= 11 is 0. The van der Waals surface area contributed by atoms with Crippen LogP contribution in [0.15, 0.2) is 38.9 Å². The number of rotatable bonds is 6. The molecule has 0 unspecified atom stereocenters. The normalized spacial score (nSPS) is 12.1. The smallest absolute Gasteiger partial charge is 0.333 e. The van der Waals surface area contributed by atoms with Crippen molar-refractivity contribution in [2.45, 2.75) is 44.7 Å². The van der Waals surface area contributed by atoms with E-state index in [-0.39, 0.29) is 27.7 Å². The quantitative estimate of drug-likeness (QED) is 0.578. The van der Waals surface area contributed by atoms with Crippen LogP contribution in [0.1, 0.15) is 39.8 Å². The van der Waals surface area contributed by atoms with E-state index in [1.165, 1.54) is 30.9 Å². The van der Waals surface area contributed by atoms with E-state index >= 15 is 0 Å². The molecule has 0 aliphatic heterocycles. The van der Waals surface area contributed by atoms with Crippen LogP contribution in [0.2, 0.25) is 0 Å². The number of fused-ring (bicyclic) bond motifs is 1. The SMILES string of the molecule is COc1ccc(OC)c(S(=O)(=O)n2cc3c(=O)n(C(C)C)c(=O)n(C(C)C)c3n2)c1. The summed E-state index contributed by atoms with van der Waals surface area (Å²) in [5.41, 5.74) is -1.14. The summed E-state index contributed by atoms with van der Waals surface area (Å²) in [4.78, 5) is 25.6. The Bertz CT molecular complexity index is 1330. The molecule has 0 radical (unpaired) electrons. The summed E-state index contributed by atoms with van der Waals surface area (Å²) in [6, 6.07) is 3.59. The zero-order valence-corrected chi connectivity index (χ0v) is 18.4. The van der Waals surface area contributed by atoms with Crippen LogP contribution in [-0.2, 0) is 10.0 Å². The summed E-state index contributed by atoms with van der Waals surface area (Å²) in [7, 11) is -1.49. The average molecular weight is 436 g/mol. The lowest BCUT2D eigenvalue weighted by molar-refractivity contribution is 0.392. The summed E-state index contributed by atoms with van der Waals surface area (Å²) in [6.07, 6.45) is 1.13. The van der Waals surface area contributed by atoms with Gasteiger partial charge in [-0.3, -0.25) is 13.9 Å². The second-order valence-corrected chi connectivity index (χ2v) is 9.04. The van der Waals surface area contributed by atoms with Crippen molar-refractivity contribution in [2.24, 2.45) is 0 Å². The predicted molar refractivity (Wildman–Crippen MR) is 111 cm³/mol. The van der Waals surface area contributed by atoms with Gasteiger partial charge in [-0.05, 0) is 39.8 Å². The van der Waals surface area contributed by atoms with E-state index in [2.05, 4.69) is 5.10 Å². The first-order valence-corrected chi connectivity index (χ1v) is 10.7. The highest BCUT2D eigenvalue weighted by molar-refractivity contribution is 7.90. The minimum absolute atomic E-state index is 0.00216. The monoisotopic (exact) mass is 436 g/mol. The van der Waals surface area contributed by atoms with Crippen LogP contribution in [0.5, 0.6) is 11.5 Å². The van der Waals surface area contributed by atoms with E-state index in [9.17, 15) is 18.0 Å². The molecule has 0 spiro atoms. The van der Waals surface area contributed by atoms with E-state index in [1.807, 2.05) is 0 Å². The largest absolute Gasteiger partial charge is 0.497 e. The molecular weight excluding hydrogens is 412 g/mol. The van der Waals surface area contributed by atoms with Gasteiger partial charge in [0.25, 0.3) is 15.6 Å². The summed E-state index contributed by atoms with van der Waals surface area (Å²) < 4.78 is 40.0. The molecule has 1 aromatic carbocycles. The van der Waals surface area contributed by atoms with Gasteiger partial charge in [0, 0.05) is 18.2 Å². The first kappa shape index (κ1) is 21.6. The average Bonchev–Trinajstić information content (AvgIpc) is 3.13. The predicted octanol–water partition coefficient (Wildman–Crippen LogP) is 1.78. The summed E-state index contributed by atoms with van der Waals surface area (Å²) in [5.74, 6) is 0.406. The molecule has 0 fully saturated rings. The maximum Gasteiger partial charge on any atom is 0.333 e. The molecule has 11 heteroatoms. The zero-order valence-electron chi connectivity index (χ0n) is 17.6. The number of ether oxygens (including phenoxy) is 2. The van der Waals surface area contributed by atoms with Gasteiger partial charge in [0.2, 0.25) is 0 Å². The molecule has 0 N–H and O–H groups in total. The maximum absolute atomic E-state index is 13.3. The van der Waals surface area contributed by atoms with Gasteiger partial charge in [-0.25, -0.2) is 4.79 Å². The van der Waals surface area contributed by atoms with E-state index in [0.29, 0.717) is 9.84 Å². The Kier molecular flexibility index (Phi) is 5.50. The molecule has 3 rings (SSSR count). The van der Waals surface area contributed by atoms with Crippen molar-refractivity contribution < 1.29 is 17.9 Å². The van der Waals surface area contributed by atoms with Crippen LogP contribution in [0.25, 0.3) is 11.0 Å². The number of methoxy groups -OCH3 is 2. The van der Waals surface area contributed by atoms with Gasteiger partial charge in [-0.2, -0.15) is 12.5 Å². The molecule has 0 saturated carbocycles. The lowest BCUT2D eigenvalue weighted by Crippen LogP contribution is -2.41. The van der Waals surface area contributed by atoms with E-state index < -0.39 is 27.3 Å². The molecule has 162 valence electrons. The molecule has 0 aliphatic rings. The fourth-order valence-corrected chi connectivity index (χ4v) is 4.53. The summed E-state index contributed by atoms with van der Waals surface area (Å²) in [5, 5.41) is 4.15. The van der Waals surface area contributed by atoms with Crippen molar-refractivity contribution >= 4 is 21.1 Å². The Labute approximate surface area is 173 Å². The molecule has 2 aromatic heterocycles. The minimum Gasteiger partial charge on any atom is -0.497 e. The van der Waals surface area contributed by atoms with Crippen LogP contribution in [-0.4, -0.2) is 41.0 Å². The standard InChI is InChI=1S/C19H24N4O6S/c1-11(2)22-17-14(18(24)23(12(3)4)19(22)25)10-21(20-17)30(26,27)16-9-13(28-5)7-8-15(16)29-6/h7-12H,1-6H3. The fourth-order valence-electron chi connectivity index (χ4n) is 3.23. The molecule has 10 nitrogen and oxygen atoms in total. The Morgan fingerprint density at radius 3 is 2.13 bits per heavy atom. The molecule has 2 heterocycles. The topological polar surface area (TPSA) is 114 Å². The first-order chi connectivity index (χ1) is 14.0. The molecule has 0 atom stereocenters. The summed E-state index contributed by atoms with van der Waals surface area (Å²) in [6.45, 7) is 6.94. The molecular formula is C19H24N4O6S. The van der Waals surface area contributed by atoms with Crippen LogP contribution in [0, 0.1) is 0 Å². The molecule has 3 aromatic rings. The van der Waals surface area contributed by atoms with Gasteiger partial charge in [0.15, 0.2) is 5.65 Å². The van der Waals surface area contributed by atoms with Crippen LogP contribution >= 0.6 is 0 Å². The maximum atomic E-state index is 13.3. The number of benzene rings is 1. The highest BCUT2D eigenvalue weighted by Crippen LogP contribution is 2.30. The highest BCUT2D eigenvalue weighted by Gasteiger charge is 2.27. The van der Waals surface area contributed by atoms with Crippen molar-refractivity contribution in [3.05, 3.63) is 45.2 Å². The Morgan fingerprint density at radius 2 is 1.60 bits per heavy atom. The lowest BCUT2D eigenvalue weighted by atomic mass is 10.3. The lowest BCUT2D eigenvalue weighted by Gasteiger charge is -2.15. The van der Waals surface area contributed by atoms with Crippen LogP contribution < -0.4 is 20.7 Å². The highest BCUT2D eigenvalue weighted by atomic mass is 32.2. The minimum atomic E-state index is -4.24. The number of hydrogen-bond acceptors (Lipinski definition) is 7. The van der Waals surface area contributed by atoms with E-state index in [1.54, 1.807) is 33.8 Å².